The molecule has 0 amide bonds. The van der Waals surface area contributed by atoms with Gasteiger partial charge in [-0.15, -0.1) is 0 Å². The van der Waals surface area contributed by atoms with Crippen LogP contribution in [0.5, 0.6) is 0 Å². The van der Waals surface area contributed by atoms with Gasteiger partial charge in [-0.2, -0.15) is 0 Å². The minimum atomic E-state index is -0.824. The minimum Gasteiger partial charge on any atom is -0.478 e. The maximum absolute atomic E-state index is 11.4. The quantitative estimate of drug-likeness (QED) is 0.710. The van der Waals surface area contributed by atoms with Crippen LogP contribution in [0.2, 0.25) is 0 Å². The molecule has 1 saturated heterocycles. The third-order valence-corrected chi connectivity index (χ3v) is 5.99. The first-order chi connectivity index (χ1) is 13.6. The summed E-state index contributed by atoms with van der Waals surface area (Å²) >= 11 is 0. The molecule has 4 rings (SSSR count). The largest absolute Gasteiger partial charge is 0.478 e. The van der Waals surface area contributed by atoms with E-state index in [1.807, 2.05) is 18.2 Å². The van der Waals surface area contributed by atoms with E-state index in [4.69, 9.17) is 4.98 Å². The second-order valence-corrected chi connectivity index (χ2v) is 7.78. The fourth-order valence-corrected chi connectivity index (χ4v) is 4.31. The molecular weight excluding hydrogens is 350 g/mol. The normalized spacial score (nSPS) is 15.9. The number of carboxylic acid groups (broad SMARTS) is 1. The molecule has 28 heavy (non-hydrogen) atoms. The molecule has 5 heteroatoms. The summed E-state index contributed by atoms with van der Waals surface area (Å²) in [6.45, 7) is 3.17. The number of nitrogens with zero attached hydrogens (tertiary/aromatic N) is 3. The lowest BCUT2D eigenvalue weighted by Crippen LogP contribution is -2.36. The van der Waals surface area contributed by atoms with E-state index in [1.165, 1.54) is 5.52 Å². The molecular formula is C23H27N3O2. The Hall–Kier alpha value is -2.66. The van der Waals surface area contributed by atoms with Crippen LogP contribution in [-0.4, -0.2) is 45.2 Å². The van der Waals surface area contributed by atoms with E-state index in [9.17, 15) is 9.90 Å². The molecule has 1 aliphatic heterocycles. The molecule has 5 nitrogen and oxygen atoms in total. The molecule has 0 spiro atoms. The zero-order chi connectivity index (χ0) is 19.5. The average Bonchev–Trinajstić information content (AvgIpc) is 3.04. The summed E-state index contributed by atoms with van der Waals surface area (Å²) in [5.74, 6) is 0.877. The Labute approximate surface area is 165 Å². The summed E-state index contributed by atoms with van der Waals surface area (Å²) in [4.78, 5) is 18.7. The summed E-state index contributed by atoms with van der Waals surface area (Å²) in [6, 6.07) is 15.7. The van der Waals surface area contributed by atoms with Crippen molar-refractivity contribution in [2.24, 2.45) is 13.0 Å². The number of likely N-dealkylation sites (tertiary alicyclic amines) is 1. The Morgan fingerprint density at radius 3 is 2.57 bits per heavy atom. The number of fused-ring (bicyclic) bond motifs is 1. The van der Waals surface area contributed by atoms with Crippen LogP contribution < -0.4 is 0 Å². The summed E-state index contributed by atoms with van der Waals surface area (Å²) < 4.78 is 2.20. The van der Waals surface area contributed by atoms with Crippen LogP contribution in [0, 0.1) is 5.92 Å². The lowest BCUT2D eigenvalue weighted by atomic mass is 9.88. The van der Waals surface area contributed by atoms with Crippen LogP contribution >= 0.6 is 0 Å². The fourth-order valence-electron chi connectivity index (χ4n) is 4.31. The highest BCUT2D eigenvalue weighted by molar-refractivity contribution is 5.89. The van der Waals surface area contributed by atoms with Crippen LogP contribution in [-0.2, 0) is 19.9 Å². The van der Waals surface area contributed by atoms with E-state index in [1.54, 1.807) is 12.1 Å². The number of hydrogen-bond acceptors (Lipinski definition) is 3. The van der Waals surface area contributed by atoms with Gasteiger partial charge in [0, 0.05) is 20.0 Å². The van der Waals surface area contributed by atoms with Gasteiger partial charge in [-0.25, -0.2) is 9.78 Å². The molecule has 1 N–H and O–H groups in total. The van der Waals surface area contributed by atoms with Gasteiger partial charge in [0.1, 0.15) is 5.82 Å². The first-order valence-corrected chi connectivity index (χ1v) is 10.1. The van der Waals surface area contributed by atoms with Gasteiger partial charge in [-0.3, -0.25) is 0 Å². The van der Waals surface area contributed by atoms with Crippen molar-refractivity contribution in [1.29, 1.82) is 0 Å². The van der Waals surface area contributed by atoms with E-state index in [-0.39, 0.29) is 0 Å². The van der Waals surface area contributed by atoms with Crippen LogP contribution in [0.4, 0.5) is 0 Å². The molecule has 1 aromatic heterocycles. The SMILES string of the molecule is Cn1c(CCN2CCC(Cc3ccccc3C(=O)O)CC2)nc2ccccc21. The number of aromatic carboxylic acids is 1. The van der Waals surface area contributed by atoms with Crippen molar-refractivity contribution in [2.75, 3.05) is 19.6 Å². The third-order valence-electron chi connectivity index (χ3n) is 5.99. The van der Waals surface area contributed by atoms with Crippen molar-refractivity contribution < 1.29 is 9.90 Å². The van der Waals surface area contributed by atoms with Crippen molar-refractivity contribution in [1.82, 2.24) is 14.5 Å². The predicted octanol–water partition coefficient (Wildman–Crippen LogP) is 3.77. The van der Waals surface area contributed by atoms with E-state index in [2.05, 4.69) is 34.7 Å². The summed E-state index contributed by atoms with van der Waals surface area (Å²) in [6.07, 6.45) is 4.06. The number of carboxylic acids is 1. The van der Waals surface area contributed by atoms with Gasteiger partial charge < -0.3 is 14.6 Å². The van der Waals surface area contributed by atoms with Crippen LogP contribution in [0.15, 0.2) is 48.5 Å². The van der Waals surface area contributed by atoms with Gasteiger partial charge in [0.05, 0.1) is 16.6 Å². The van der Waals surface area contributed by atoms with Gasteiger partial charge >= 0.3 is 5.97 Å². The lowest BCUT2D eigenvalue weighted by molar-refractivity contribution is 0.0695. The number of piperidine rings is 1. The summed E-state index contributed by atoms with van der Waals surface area (Å²) in [5, 5.41) is 9.37. The number of carbonyl (C=O) groups is 1. The van der Waals surface area contributed by atoms with E-state index in [0.29, 0.717) is 11.5 Å². The molecule has 0 saturated carbocycles. The maximum atomic E-state index is 11.4. The van der Waals surface area contributed by atoms with Crippen LogP contribution in [0.1, 0.15) is 34.6 Å². The van der Waals surface area contributed by atoms with Crippen LogP contribution in [0.25, 0.3) is 11.0 Å². The lowest BCUT2D eigenvalue weighted by Gasteiger charge is -2.32. The van der Waals surface area contributed by atoms with Crippen molar-refractivity contribution in [3.05, 3.63) is 65.5 Å². The first-order valence-electron chi connectivity index (χ1n) is 10.1. The Morgan fingerprint density at radius 2 is 1.82 bits per heavy atom. The highest BCUT2D eigenvalue weighted by Crippen LogP contribution is 2.24. The molecule has 0 radical (unpaired) electrons. The molecule has 0 bridgehead atoms. The third kappa shape index (κ3) is 3.94. The second kappa shape index (κ2) is 8.15. The highest BCUT2D eigenvalue weighted by Gasteiger charge is 2.21. The molecule has 3 aromatic rings. The van der Waals surface area contributed by atoms with Gasteiger partial charge in [0.15, 0.2) is 0 Å². The molecule has 2 heterocycles. The average molecular weight is 377 g/mol. The molecule has 2 aromatic carbocycles. The Bertz CT molecular complexity index is 971. The van der Waals surface area contributed by atoms with Crippen LogP contribution in [0.3, 0.4) is 0 Å². The van der Waals surface area contributed by atoms with Crippen molar-refractivity contribution in [3.63, 3.8) is 0 Å². The smallest absolute Gasteiger partial charge is 0.335 e. The number of rotatable bonds is 6. The van der Waals surface area contributed by atoms with Crippen molar-refractivity contribution in [3.8, 4) is 0 Å². The number of para-hydroxylation sites is 2. The molecule has 0 atom stereocenters. The Kier molecular flexibility index (Phi) is 5.44. The van der Waals surface area contributed by atoms with Crippen molar-refractivity contribution in [2.45, 2.75) is 25.7 Å². The van der Waals surface area contributed by atoms with E-state index >= 15 is 0 Å². The number of hydrogen-bond donors (Lipinski definition) is 1. The van der Waals surface area contributed by atoms with Gasteiger partial charge in [-0.1, -0.05) is 30.3 Å². The van der Waals surface area contributed by atoms with Gasteiger partial charge in [0.25, 0.3) is 0 Å². The molecule has 1 aliphatic rings. The Balaban J connectivity index is 1.31. The van der Waals surface area contributed by atoms with E-state index in [0.717, 1.165) is 62.2 Å². The zero-order valence-electron chi connectivity index (χ0n) is 16.3. The van der Waals surface area contributed by atoms with Gasteiger partial charge in [0.2, 0.25) is 0 Å². The number of benzene rings is 2. The molecule has 146 valence electrons. The highest BCUT2D eigenvalue weighted by atomic mass is 16.4. The monoisotopic (exact) mass is 377 g/mol. The molecule has 0 unspecified atom stereocenters. The first kappa shape index (κ1) is 18.7. The van der Waals surface area contributed by atoms with Crippen molar-refractivity contribution >= 4 is 17.0 Å². The standard InChI is InChI=1S/C23H27N3O2/c1-25-21-9-5-4-8-20(21)24-22(25)12-15-26-13-10-17(11-14-26)16-18-6-2-3-7-19(18)23(27)28/h2-9,17H,10-16H2,1H3,(H,27,28). The predicted molar refractivity (Wildman–Crippen MR) is 111 cm³/mol. The second-order valence-electron chi connectivity index (χ2n) is 7.78. The zero-order valence-corrected chi connectivity index (χ0v) is 16.3. The molecule has 0 aliphatic carbocycles. The Morgan fingerprint density at radius 1 is 1.11 bits per heavy atom. The van der Waals surface area contributed by atoms with Gasteiger partial charge in [-0.05, 0) is 62.0 Å². The topological polar surface area (TPSA) is 58.4 Å². The summed E-state index contributed by atoms with van der Waals surface area (Å²) in [7, 11) is 2.09. The number of aromatic nitrogens is 2. The number of aryl methyl sites for hydroxylation is 1. The van der Waals surface area contributed by atoms with E-state index < -0.39 is 5.97 Å². The molecule has 1 fully saturated rings. The minimum absolute atomic E-state index is 0.451. The number of imidazole rings is 1. The fraction of sp³-hybridized carbons (Fsp3) is 0.391. The maximum Gasteiger partial charge on any atom is 0.335 e. The summed E-state index contributed by atoms with van der Waals surface area (Å²) in [5.41, 5.74) is 3.67.